The predicted octanol–water partition coefficient (Wildman–Crippen LogP) is 2.72. The van der Waals surface area contributed by atoms with Crippen molar-refractivity contribution < 1.29 is 13.9 Å². The number of amides is 1. The zero-order chi connectivity index (χ0) is 28.6. The summed E-state index contributed by atoms with van der Waals surface area (Å²) < 4.78 is 20.5. The molecule has 3 aromatic rings. The van der Waals surface area contributed by atoms with Gasteiger partial charge >= 0.3 is 0 Å². The lowest BCUT2D eigenvalue weighted by molar-refractivity contribution is -0.149. The zero-order valence-electron chi connectivity index (χ0n) is 23.0. The molecule has 13 nitrogen and oxygen atoms in total. The minimum Gasteiger partial charge on any atom is -0.368 e. The summed E-state index contributed by atoms with van der Waals surface area (Å²) in [5.74, 6) is 2.24. The number of allylic oxidation sites excluding steroid dienone is 1. The highest BCUT2D eigenvalue weighted by molar-refractivity contribution is 5.90. The summed E-state index contributed by atoms with van der Waals surface area (Å²) in [7, 11) is 1.59. The maximum Gasteiger partial charge on any atom is 0.252 e. The van der Waals surface area contributed by atoms with E-state index in [1.165, 1.54) is 10.9 Å². The van der Waals surface area contributed by atoms with Gasteiger partial charge in [0.1, 0.15) is 17.3 Å². The summed E-state index contributed by atoms with van der Waals surface area (Å²) in [5, 5.41) is 19.4. The highest BCUT2D eigenvalue weighted by Gasteiger charge is 2.45. The molecular weight excluding hydrogens is 529 g/mol. The number of hydrogen-bond acceptors (Lipinski definition) is 10. The third-order valence-electron chi connectivity index (χ3n) is 7.73. The van der Waals surface area contributed by atoms with Crippen LogP contribution in [0.4, 0.5) is 10.2 Å². The third-order valence-corrected chi connectivity index (χ3v) is 7.73. The molecular formula is C27H32FN11O2. The third kappa shape index (κ3) is 5.30. The zero-order valence-corrected chi connectivity index (χ0v) is 23.0. The second-order valence-corrected chi connectivity index (χ2v) is 10.4. The fraction of sp³-hybridized carbons (Fsp3) is 0.370. The van der Waals surface area contributed by atoms with Gasteiger partial charge in [0.2, 0.25) is 0 Å². The largest absolute Gasteiger partial charge is 0.368 e. The van der Waals surface area contributed by atoms with Gasteiger partial charge in [-0.15, -0.1) is 5.53 Å². The highest BCUT2D eigenvalue weighted by atomic mass is 19.1. The Morgan fingerprint density at radius 2 is 2.10 bits per heavy atom. The van der Waals surface area contributed by atoms with Crippen LogP contribution in [0.2, 0.25) is 0 Å². The lowest BCUT2D eigenvalue weighted by Gasteiger charge is -2.40. The number of nitrogens with one attached hydrogen (secondary N) is 5. The van der Waals surface area contributed by atoms with Crippen molar-refractivity contribution >= 4 is 17.6 Å². The van der Waals surface area contributed by atoms with E-state index in [0.717, 1.165) is 29.0 Å². The number of amidine groups is 1. The number of rotatable bonds is 8. The second-order valence-electron chi connectivity index (χ2n) is 10.4. The lowest BCUT2D eigenvalue weighted by atomic mass is 9.77. The molecule has 6 rings (SSSR count). The Balaban J connectivity index is 1.11. The Morgan fingerprint density at radius 3 is 2.76 bits per heavy atom. The average molecular weight is 562 g/mol. The van der Waals surface area contributed by atoms with Crippen molar-refractivity contribution in [3.8, 4) is 5.82 Å². The van der Waals surface area contributed by atoms with E-state index in [1.54, 1.807) is 19.4 Å². The number of carbonyl (C=O) groups is 1. The molecule has 41 heavy (non-hydrogen) atoms. The van der Waals surface area contributed by atoms with Gasteiger partial charge in [-0.2, -0.15) is 10.2 Å². The number of ether oxygens (including phenoxy) is 1. The number of methoxy groups -OCH3 is 1. The fourth-order valence-electron chi connectivity index (χ4n) is 5.39. The molecule has 214 valence electrons. The SMILES string of the molecule is COC1(C(=O)N[C@@H](C)c2ccc(-n3cc(F)cn3)nc2)CCC(C2=NC(Nc3cc(C)[nH]n3)=CC3=CNNN32)CC1. The number of aromatic amines is 1. The van der Waals surface area contributed by atoms with Crippen LogP contribution in [0.5, 0.6) is 0 Å². The number of halogens is 1. The van der Waals surface area contributed by atoms with Gasteiger partial charge in [-0.1, -0.05) is 6.07 Å². The molecule has 1 aliphatic carbocycles. The molecule has 5 N–H and O–H groups in total. The molecule has 0 unspecified atom stereocenters. The number of aliphatic imine (C=N–C) groups is 1. The van der Waals surface area contributed by atoms with Gasteiger partial charge in [0, 0.05) is 43.3 Å². The molecule has 14 heteroatoms. The molecule has 2 aliphatic heterocycles. The molecule has 0 aromatic carbocycles. The number of nitrogens with zero attached hydrogens (tertiary/aromatic N) is 6. The number of H-pyrrole nitrogens is 1. The predicted molar refractivity (Wildman–Crippen MR) is 148 cm³/mol. The van der Waals surface area contributed by atoms with Crippen LogP contribution >= 0.6 is 0 Å². The summed E-state index contributed by atoms with van der Waals surface area (Å²) in [6.07, 6.45) is 10.4. The fourth-order valence-corrected chi connectivity index (χ4v) is 5.39. The van der Waals surface area contributed by atoms with E-state index in [9.17, 15) is 9.18 Å². The first kappa shape index (κ1) is 26.7. The second kappa shape index (κ2) is 10.8. The molecule has 1 amide bonds. The first-order valence-corrected chi connectivity index (χ1v) is 13.5. The minimum absolute atomic E-state index is 0.106. The molecule has 3 aromatic heterocycles. The Kier molecular flexibility index (Phi) is 7.01. The maximum absolute atomic E-state index is 13.5. The van der Waals surface area contributed by atoms with Gasteiger partial charge in [-0.3, -0.25) is 9.89 Å². The number of hydrazine groups is 2. The summed E-state index contributed by atoms with van der Waals surface area (Å²) in [4.78, 5) is 22.8. The van der Waals surface area contributed by atoms with Crippen molar-refractivity contribution in [3.63, 3.8) is 0 Å². The van der Waals surface area contributed by atoms with Crippen molar-refractivity contribution in [2.75, 3.05) is 12.4 Å². The van der Waals surface area contributed by atoms with E-state index in [2.05, 4.69) is 41.9 Å². The standard InChI is InChI=1S/C27H32FN11O2/c1-16-10-23(36-35-16)33-22-11-21-14-30-37-39(21)25(34-22)18-6-8-27(41-3,9-7-18)26(40)32-17(2)19-4-5-24(29-12-19)38-15-20(28)13-31-38/h4-5,10-15,17-18,30,37H,6-9H2,1-3H3,(H,32,40)(H2,33,35,36)/t17-,18?,27?/m0/s1. The number of aryl methyl sites for hydroxylation is 1. The van der Waals surface area contributed by atoms with Crippen LogP contribution in [-0.2, 0) is 9.53 Å². The van der Waals surface area contributed by atoms with Crippen molar-refractivity contribution in [1.82, 2.24) is 46.2 Å². The maximum atomic E-state index is 13.5. The molecule has 1 saturated carbocycles. The van der Waals surface area contributed by atoms with Crippen molar-refractivity contribution in [2.45, 2.75) is 51.2 Å². The Bertz CT molecular complexity index is 1520. The molecule has 0 bridgehead atoms. The first-order valence-electron chi connectivity index (χ1n) is 13.5. The van der Waals surface area contributed by atoms with E-state index >= 15 is 0 Å². The highest BCUT2D eigenvalue weighted by Crippen LogP contribution is 2.38. The van der Waals surface area contributed by atoms with Gasteiger partial charge in [0.25, 0.3) is 5.91 Å². The van der Waals surface area contributed by atoms with Crippen LogP contribution in [-0.4, -0.2) is 54.4 Å². The van der Waals surface area contributed by atoms with Crippen LogP contribution in [0.25, 0.3) is 5.82 Å². The van der Waals surface area contributed by atoms with Crippen molar-refractivity contribution in [2.24, 2.45) is 10.9 Å². The van der Waals surface area contributed by atoms with Gasteiger partial charge in [-0.05, 0) is 51.2 Å². The number of anilines is 1. The molecule has 1 atom stereocenters. The Morgan fingerprint density at radius 1 is 1.27 bits per heavy atom. The lowest BCUT2D eigenvalue weighted by Crippen LogP contribution is -2.53. The smallest absolute Gasteiger partial charge is 0.252 e. The van der Waals surface area contributed by atoms with Crippen LogP contribution in [0.15, 0.2) is 65.6 Å². The van der Waals surface area contributed by atoms with Crippen LogP contribution < -0.4 is 21.6 Å². The topological polar surface area (TPSA) is 149 Å². The van der Waals surface area contributed by atoms with E-state index in [-0.39, 0.29) is 17.9 Å². The number of carbonyl (C=O) groups excluding carboxylic acids is 1. The van der Waals surface area contributed by atoms with Crippen molar-refractivity contribution in [1.29, 1.82) is 0 Å². The summed E-state index contributed by atoms with van der Waals surface area (Å²) in [5.41, 5.74) is 7.93. The Hall–Kier alpha value is -4.56. The first-order chi connectivity index (χ1) is 19.8. The number of hydrogen-bond donors (Lipinski definition) is 5. The molecule has 0 saturated heterocycles. The van der Waals surface area contributed by atoms with E-state index in [4.69, 9.17) is 9.73 Å². The summed E-state index contributed by atoms with van der Waals surface area (Å²) in [6, 6.07) is 5.19. The van der Waals surface area contributed by atoms with E-state index < -0.39 is 11.4 Å². The van der Waals surface area contributed by atoms with Gasteiger partial charge in [0.15, 0.2) is 17.5 Å². The summed E-state index contributed by atoms with van der Waals surface area (Å²) >= 11 is 0. The Labute approximate surface area is 235 Å². The number of pyridine rings is 1. The van der Waals surface area contributed by atoms with Gasteiger partial charge in [0.05, 0.1) is 24.1 Å². The molecule has 1 fully saturated rings. The molecule has 0 radical (unpaired) electrons. The van der Waals surface area contributed by atoms with Gasteiger partial charge < -0.3 is 20.8 Å². The molecule has 5 heterocycles. The summed E-state index contributed by atoms with van der Waals surface area (Å²) in [6.45, 7) is 3.84. The van der Waals surface area contributed by atoms with Crippen LogP contribution in [0.1, 0.15) is 49.9 Å². The monoisotopic (exact) mass is 561 g/mol. The normalized spacial score (nSPS) is 22.7. The van der Waals surface area contributed by atoms with E-state index in [0.29, 0.717) is 43.1 Å². The number of fused-ring (bicyclic) bond motifs is 1. The van der Waals surface area contributed by atoms with Gasteiger partial charge in [-0.25, -0.2) is 24.1 Å². The van der Waals surface area contributed by atoms with E-state index in [1.807, 2.05) is 43.3 Å². The minimum atomic E-state index is -0.946. The average Bonchev–Trinajstić information content (AvgIpc) is 3.74. The van der Waals surface area contributed by atoms with Crippen LogP contribution in [0, 0.1) is 18.7 Å². The van der Waals surface area contributed by atoms with Crippen molar-refractivity contribution in [3.05, 3.63) is 77.7 Å². The molecule has 3 aliphatic rings. The quantitative estimate of drug-likeness (QED) is 0.280. The number of aromatic nitrogens is 5. The molecule has 0 spiro atoms. The van der Waals surface area contributed by atoms with Crippen LogP contribution in [0.3, 0.4) is 0 Å².